The van der Waals surface area contributed by atoms with Crippen molar-refractivity contribution in [3.8, 4) is 11.1 Å². The van der Waals surface area contributed by atoms with Gasteiger partial charge in [0.05, 0.1) is 5.52 Å². The van der Waals surface area contributed by atoms with Crippen LogP contribution in [0.2, 0.25) is 5.02 Å². The number of hydrogen-bond acceptors (Lipinski definition) is 2. The number of anilines is 1. The largest absolute Gasteiger partial charge is 0.367 e. The van der Waals surface area contributed by atoms with E-state index >= 15 is 0 Å². The monoisotopic (exact) mass is 326 g/mol. The highest BCUT2D eigenvalue weighted by atomic mass is 35.5. The van der Waals surface area contributed by atoms with Crippen molar-refractivity contribution < 1.29 is 0 Å². The molecule has 0 aliphatic carbocycles. The summed E-state index contributed by atoms with van der Waals surface area (Å²) in [5, 5.41) is 1.62. The molecule has 0 atom stereocenters. The van der Waals surface area contributed by atoms with Crippen LogP contribution in [0.4, 0.5) is 5.69 Å². The van der Waals surface area contributed by atoms with E-state index in [1.807, 2.05) is 42.5 Å². The Morgan fingerprint density at radius 1 is 1.04 bits per heavy atom. The second-order valence-corrected chi connectivity index (χ2v) is 5.84. The summed E-state index contributed by atoms with van der Waals surface area (Å²) in [6, 6.07) is 15.7. The standard InChI is InChI=1S/C19H19ClN2O/c1-3-22(4-2)18-17(13-8-6-5-7-9-13)15-11-10-14(20)12-16(15)21-19(18)23/h5-12H,3-4H2,1-2H3,(H,21,23). The fourth-order valence-electron chi connectivity index (χ4n) is 3.00. The first-order chi connectivity index (χ1) is 11.2. The lowest BCUT2D eigenvalue weighted by Crippen LogP contribution is -2.29. The van der Waals surface area contributed by atoms with Crippen molar-refractivity contribution in [2.24, 2.45) is 0 Å². The smallest absolute Gasteiger partial charge is 0.272 e. The topological polar surface area (TPSA) is 36.1 Å². The summed E-state index contributed by atoms with van der Waals surface area (Å²) in [5.41, 5.74) is 3.40. The van der Waals surface area contributed by atoms with Gasteiger partial charge in [-0.2, -0.15) is 0 Å². The number of aromatic amines is 1. The van der Waals surface area contributed by atoms with E-state index < -0.39 is 0 Å². The second kappa shape index (κ2) is 6.47. The molecule has 3 aromatic rings. The Labute approximate surface area is 140 Å². The second-order valence-electron chi connectivity index (χ2n) is 5.41. The molecule has 1 aromatic heterocycles. The van der Waals surface area contributed by atoms with Crippen LogP contribution in [-0.2, 0) is 0 Å². The molecule has 1 heterocycles. The summed E-state index contributed by atoms with van der Waals surface area (Å²) < 4.78 is 0. The van der Waals surface area contributed by atoms with Crippen molar-refractivity contribution in [3.05, 3.63) is 63.9 Å². The van der Waals surface area contributed by atoms with Gasteiger partial charge >= 0.3 is 0 Å². The summed E-state index contributed by atoms with van der Waals surface area (Å²) in [6.45, 7) is 5.67. The highest BCUT2D eigenvalue weighted by Gasteiger charge is 2.18. The van der Waals surface area contributed by atoms with Crippen molar-refractivity contribution in [3.63, 3.8) is 0 Å². The molecule has 0 radical (unpaired) electrons. The Hall–Kier alpha value is -2.26. The maximum Gasteiger partial charge on any atom is 0.272 e. The fraction of sp³-hybridized carbons (Fsp3) is 0.211. The molecule has 0 aliphatic heterocycles. The molecule has 0 bridgehead atoms. The van der Waals surface area contributed by atoms with Crippen LogP contribution in [0.5, 0.6) is 0 Å². The SMILES string of the molecule is CCN(CC)c1c(-c2ccccc2)c2ccc(Cl)cc2[nH]c1=O. The number of nitrogens with zero attached hydrogens (tertiary/aromatic N) is 1. The highest BCUT2D eigenvalue weighted by Crippen LogP contribution is 2.35. The van der Waals surface area contributed by atoms with E-state index in [4.69, 9.17) is 11.6 Å². The zero-order valence-corrected chi connectivity index (χ0v) is 14.0. The average molecular weight is 327 g/mol. The summed E-state index contributed by atoms with van der Waals surface area (Å²) in [7, 11) is 0. The molecule has 0 saturated heterocycles. The number of halogens is 1. The van der Waals surface area contributed by atoms with Crippen LogP contribution in [-0.4, -0.2) is 18.1 Å². The number of pyridine rings is 1. The number of hydrogen-bond donors (Lipinski definition) is 1. The third-order valence-corrected chi connectivity index (χ3v) is 4.33. The minimum atomic E-state index is -0.0812. The third kappa shape index (κ3) is 2.84. The quantitative estimate of drug-likeness (QED) is 0.754. The van der Waals surface area contributed by atoms with Crippen LogP contribution in [0, 0.1) is 0 Å². The molecule has 3 rings (SSSR count). The van der Waals surface area contributed by atoms with Gasteiger partial charge in [-0.3, -0.25) is 4.79 Å². The van der Waals surface area contributed by atoms with Gasteiger partial charge in [0, 0.05) is 29.1 Å². The zero-order valence-electron chi connectivity index (χ0n) is 13.3. The fourth-order valence-corrected chi connectivity index (χ4v) is 3.17. The van der Waals surface area contributed by atoms with Crippen molar-refractivity contribution in [1.82, 2.24) is 4.98 Å². The molecule has 0 saturated carbocycles. The lowest BCUT2D eigenvalue weighted by molar-refractivity contribution is 0.859. The molecule has 0 unspecified atom stereocenters. The predicted molar refractivity (Wildman–Crippen MR) is 98.6 cm³/mol. The molecular weight excluding hydrogens is 308 g/mol. The van der Waals surface area contributed by atoms with Crippen molar-refractivity contribution in [2.75, 3.05) is 18.0 Å². The lowest BCUT2D eigenvalue weighted by atomic mass is 9.98. The molecule has 118 valence electrons. The summed E-state index contributed by atoms with van der Waals surface area (Å²) in [4.78, 5) is 17.8. The van der Waals surface area contributed by atoms with E-state index in [2.05, 4.69) is 23.7 Å². The molecular formula is C19H19ClN2O. The number of aromatic nitrogens is 1. The Kier molecular flexibility index (Phi) is 4.39. The molecule has 23 heavy (non-hydrogen) atoms. The van der Waals surface area contributed by atoms with Crippen molar-refractivity contribution in [2.45, 2.75) is 13.8 Å². The number of H-pyrrole nitrogens is 1. The van der Waals surface area contributed by atoms with Gasteiger partial charge < -0.3 is 9.88 Å². The van der Waals surface area contributed by atoms with Gasteiger partial charge in [-0.25, -0.2) is 0 Å². The van der Waals surface area contributed by atoms with Crippen molar-refractivity contribution >= 4 is 28.2 Å². The minimum absolute atomic E-state index is 0.0812. The molecule has 3 nitrogen and oxygen atoms in total. The molecule has 0 spiro atoms. The zero-order chi connectivity index (χ0) is 16.4. The number of fused-ring (bicyclic) bond motifs is 1. The summed E-state index contributed by atoms with van der Waals surface area (Å²) in [6.07, 6.45) is 0. The van der Waals surface area contributed by atoms with Gasteiger partial charge in [0.1, 0.15) is 5.69 Å². The van der Waals surface area contributed by atoms with Gasteiger partial charge in [0.2, 0.25) is 0 Å². The molecule has 0 amide bonds. The molecule has 0 fully saturated rings. The number of rotatable bonds is 4. The van der Waals surface area contributed by atoms with Crippen LogP contribution in [0.15, 0.2) is 53.3 Å². The molecule has 0 aliphatic rings. The Balaban J connectivity index is 2.44. The van der Waals surface area contributed by atoms with Crippen LogP contribution in [0.3, 0.4) is 0 Å². The van der Waals surface area contributed by atoms with E-state index in [-0.39, 0.29) is 5.56 Å². The van der Waals surface area contributed by atoms with E-state index in [9.17, 15) is 4.79 Å². The van der Waals surface area contributed by atoms with Crippen LogP contribution >= 0.6 is 11.6 Å². The Morgan fingerprint density at radius 2 is 1.74 bits per heavy atom. The summed E-state index contributed by atoms with van der Waals surface area (Å²) in [5.74, 6) is 0. The normalized spacial score (nSPS) is 10.9. The summed E-state index contributed by atoms with van der Waals surface area (Å²) >= 11 is 6.09. The van der Waals surface area contributed by atoms with Gasteiger partial charge in [-0.05, 0) is 31.5 Å². The van der Waals surface area contributed by atoms with Gasteiger partial charge in [0.25, 0.3) is 5.56 Å². The van der Waals surface area contributed by atoms with Crippen LogP contribution in [0.1, 0.15) is 13.8 Å². The van der Waals surface area contributed by atoms with Crippen LogP contribution < -0.4 is 10.5 Å². The van der Waals surface area contributed by atoms with Crippen LogP contribution in [0.25, 0.3) is 22.0 Å². The number of benzene rings is 2. The molecule has 1 N–H and O–H groups in total. The molecule has 2 aromatic carbocycles. The van der Waals surface area contributed by atoms with Gasteiger partial charge in [-0.1, -0.05) is 48.0 Å². The highest BCUT2D eigenvalue weighted by molar-refractivity contribution is 6.31. The molecule has 4 heteroatoms. The maximum absolute atomic E-state index is 12.8. The third-order valence-electron chi connectivity index (χ3n) is 4.09. The average Bonchev–Trinajstić information content (AvgIpc) is 2.57. The minimum Gasteiger partial charge on any atom is -0.367 e. The van der Waals surface area contributed by atoms with Crippen molar-refractivity contribution in [1.29, 1.82) is 0 Å². The Bertz CT molecular complexity index is 883. The first-order valence-electron chi connectivity index (χ1n) is 7.81. The van der Waals surface area contributed by atoms with Gasteiger partial charge in [0.15, 0.2) is 0 Å². The maximum atomic E-state index is 12.8. The Morgan fingerprint density at radius 3 is 2.39 bits per heavy atom. The van der Waals surface area contributed by atoms with E-state index in [1.54, 1.807) is 6.07 Å². The first-order valence-corrected chi connectivity index (χ1v) is 8.19. The van der Waals surface area contributed by atoms with E-state index in [0.29, 0.717) is 5.02 Å². The van der Waals surface area contributed by atoms with Gasteiger partial charge in [-0.15, -0.1) is 0 Å². The first kappa shape index (κ1) is 15.6. The number of nitrogens with one attached hydrogen (secondary N) is 1. The van der Waals surface area contributed by atoms with E-state index in [0.717, 1.165) is 40.8 Å². The van der Waals surface area contributed by atoms with E-state index in [1.165, 1.54) is 0 Å². The lowest BCUT2D eigenvalue weighted by Gasteiger charge is -2.24. The predicted octanol–water partition coefficient (Wildman–Crippen LogP) is 4.69.